The lowest BCUT2D eigenvalue weighted by molar-refractivity contribution is 0.0284. The summed E-state index contributed by atoms with van der Waals surface area (Å²) in [5, 5.41) is 41.8. The molecule has 0 aromatic carbocycles. The molecule has 2 heterocycles. The monoisotopic (exact) mass is 280 g/mol. The van der Waals surface area contributed by atoms with Crippen LogP contribution in [0.4, 0.5) is 5.82 Å². The van der Waals surface area contributed by atoms with Crippen LogP contribution in [0.3, 0.4) is 0 Å². The van der Waals surface area contributed by atoms with Crippen LogP contribution in [0.1, 0.15) is 17.8 Å². The van der Waals surface area contributed by atoms with Crippen LogP contribution < -0.4 is 5.32 Å². The highest BCUT2D eigenvalue weighted by Crippen LogP contribution is 2.35. The first kappa shape index (κ1) is 13.3. The van der Waals surface area contributed by atoms with Crippen LogP contribution >= 0.6 is 0 Å². The molecule has 0 bridgehead atoms. The van der Waals surface area contributed by atoms with E-state index in [0.717, 1.165) is 0 Å². The number of nitrogens with one attached hydrogen (secondary N) is 1. The van der Waals surface area contributed by atoms with Crippen molar-refractivity contribution in [2.24, 2.45) is 4.99 Å². The molecule has 1 aliphatic carbocycles. The van der Waals surface area contributed by atoms with Crippen LogP contribution in [0.5, 0.6) is 0 Å². The van der Waals surface area contributed by atoms with E-state index in [1.165, 1.54) is 12.7 Å². The van der Waals surface area contributed by atoms with Crippen LogP contribution in [0.2, 0.25) is 0 Å². The third kappa shape index (κ3) is 1.93. The van der Waals surface area contributed by atoms with Crippen molar-refractivity contribution in [3.63, 3.8) is 0 Å². The van der Waals surface area contributed by atoms with Crippen molar-refractivity contribution < 1.29 is 20.4 Å². The lowest BCUT2D eigenvalue weighted by Gasteiger charge is -2.19. The van der Waals surface area contributed by atoms with Crippen molar-refractivity contribution in [1.82, 2.24) is 14.9 Å². The van der Waals surface area contributed by atoms with Gasteiger partial charge in [0.25, 0.3) is 0 Å². The smallest absolute Gasteiger partial charge is 0.160 e. The molecule has 8 nitrogen and oxygen atoms in total. The Balaban J connectivity index is 2.02. The number of hydrogen-bond donors (Lipinski definition) is 5. The van der Waals surface area contributed by atoms with E-state index in [9.17, 15) is 15.3 Å². The molecule has 4 unspecified atom stereocenters. The topological polar surface area (TPSA) is 123 Å². The van der Waals surface area contributed by atoms with Gasteiger partial charge in [0.05, 0.1) is 25.3 Å². The summed E-state index contributed by atoms with van der Waals surface area (Å²) in [5.74, 6) is 0.425. The second kappa shape index (κ2) is 4.98. The predicted octanol–water partition coefficient (Wildman–Crippen LogP) is -1.63. The standard InChI is InChI=1S/C12H16N4O4/c17-3-6-1-7(11(20)10(6)19)16-5-15-9-8(18)2-13-4-14-12(9)16/h1,4-5,7-8,10-11,17-20H,2-3H2,(H,13,14). The predicted molar refractivity (Wildman–Crippen MR) is 69.6 cm³/mol. The zero-order valence-corrected chi connectivity index (χ0v) is 10.6. The molecule has 3 rings (SSSR count). The minimum atomic E-state index is -1.11. The van der Waals surface area contributed by atoms with Gasteiger partial charge < -0.3 is 30.3 Å². The lowest BCUT2D eigenvalue weighted by Crippen LogP contribution is -2.29. The quantitative estimate of drug-likeness (QED) is 0.415. The first-order valence-electron chi connectivity index (χ1n) is 6.31. The van der Waals surface area contributed by atoms with Crippen molar-refractivity contribution in [3.05, 3.63) is 23.7 Å². The van der Waals surface area contributed by atoms with Crippen LogP contribution in [0, 0.1) is 0 Å². The molecule has 5 N–H and O–H groups in total. The average molecular weight is 280 g/mol. The fourth-order valence-electron chi connectivity index (χ4n) is 2.54. The van der Waals surface area contributed by atoms with Gasteiger partial charge in [0.1, 0.15) is 24.0 Å². The van der Waals surface area contributed by atoms with Gasteiger partial charge in [-0.15, -0.1) is 0 Å². The van der Waals surface area contributed by atoms with Crippen LogP contribution in [-0.4, -0.2) is 61.7 Å². The Kier molecular flexibility index (Phi) is 3.30. The van der Waals surface area contributed by atoms with Gasteiger partial charge in [-0.25, -0.2) is 9.98 Å². The number of β-amino-alcohol motifs (C(OH)–C–C–N with tert-alkyl or cyclic N) is 1. The summed E-state index contributed by atoms with van der Waals surface area (Å²) in [6, 6.07) is -0.578. The molecule has 4 atom stereocenters. The Morgan fingerprint density at radius 1 is 1.35 bits per heavy atom. The maximum Gasteiger partial charge on any atom is 0.160 e. The highest BCUT2D eigenvalue weighted by Gasteiger charge is 2.37. The first-order chi connectivity index (χ1) is 9.63. The van der Waals surface area contributed by atoms with Crippen LogP contribution in [0.15, 0.2) is 23.0 Å². The van der Waals surface area contributed by atoms with E-state index >= 15 is 0 Å². The summed E-state index contributed by atoms with van der Waals surface area (Å²) in [5.41, 5.74) is 0.778. The zero-order chi connectivity index (χ0) is 14.3. The van der Waals surface area contributed by atoms with E-state index in [1.807, 2.05) is 0 Å². The minimum absolute atomic E-state index is 0.307. The van der Waals surface area contributed by atoms with E-state index in [4.69, 9.17) is 5.11 Å². The van der Waals surface area contributed by atoms with E-state index in [2.05, 4.69) is 15.3 Å². The van der Waals surface area contributed by atoms with Crippen molar-refractivity contribution in [3.8, 4) is 0 Å². The summed E-state index contributed by atoms with van der Waals surface area (Å²) in [7, 11) is 0. The molecular weight excluding hydrogens is 264 g/mol. The maximum absolute atomic E-state index is 10.1. The number of imidazole rings is 1. The number of aliphatic hydroxyl groups is 4. The molecule has 0 fully saturated rings. The summed E-state index contributed by atoms with van der Waals surface area (Å²) >= 11 is 0. The van der Waals surface area contributed by atoms with E-state index < -0.39 is 24.4 Å². The molecule has 108 valence electrons. The molecule has 0 amide bonds. The third-order valence-electron chi connectivity index (χ3n) is 3.64. The van der Waals surface area contributed by atoms with Crippen molar-refractivity contribution in [2.45, 2.75) is 24.4 Å². The number of fused-ring (bicyclic) bond motifs is 1. The molecular formula is C12H16N4O4. The highest BCUT2D eigenvalue weighted by molar-refractivity contribution is 5.62. The molecule has 1 aromatic rings. The van der Waals surface area contributed by atoms with Gasteiger partial charge in [0, 0.05) is 6.54 Å². The molecule has 0 saturated carbocycles. The number of hydrogen-bond acceptors (Lipinski definition) is 7. The van der Waals surface area contributed by atoms with Crippen molar-refractivity contribution in [2.75, 3.05) is 13.2 Å². The minimum Gasteiger partial charge on any atom is -0.392 e. The molecule has 20 heavy (non-hydrogen) atoms. The van der Waals surface area contributed by atoms with Gasteiger partial charge in [-0.05, 0) is 5.57 Å². The van der Waals surface area contributed by atoms with Gasteiger partial charge in [0.2, 0.25) is 0 Å². The first-order valence-corrected chi connectivity index (χ1v) is 6.31. The zero-order valence-electron chi connectivity index (χ0n) is 10.6. The Morgan fingerprint density at radius 2 is 2.15 bits per heavy atom. The van der Waals surface area contributed by atoms with Gasteiger partial charge in [-0.1, -0.05) is 6.08 Å². The van der Waals surface area contributed by atoms with Gasteiger partial charge in [-0.2, -0.15) is 0 Å². The fraction of sp³-hybridized carbons (Fsp3) is 0.500. The third-order valence-corrected chi connectivity index (χ3v) is 3.64. The number of aliphatic hydroxyl groups excluding tert-OH is 4. The Labute approximate surface area is 114 Å². The number of rotatable bonds is 2. The summed E-state index contributed by atoms with van der Waals surface area (Å²) in [6.07, 6.45) is 1.53. The molecule has 2 aliphatic rings. The number of nitrogens with zero attached hydrogens (tertiary/aromatic N) is 3. The molecule has 8 heteroatoms. The SMILES string of the molecule is OCC1=CC(n2cnc3c2N=CNCC3O)C(O)C1O. The average Bonchev–Trinajstić information content (AvgIpc) is 2.92. The molecule has 1 aromatic heterocycles. The normalized spacial score (nSPS) is 32.5. The molecule has 1 aliphatic heterocycles. The maximum atomic E-state index is 10.1. The largest absolute Gasteiger partial charge is 0.392 e. The van der Waals surface area contributed by atoms with Gasteiger partial charge in [0.15, 0.2) is 5.82 Å². The lowest BCUT2D eigenvalue weighted by atomic mass is 10.1. The number of aliphatic imine (C=N–C) groups is 1. The van der Waals surface area contributed by atoms with Crippen molar-refractivity contribution >= 4 is 12.2 Å². The molecule has 0 radical (unpaired) electrons. The Bertz CT molecular complexity index is 568. The summed E-state index contributed by atoms with van der Waals surface area (Å²) in [4.78, 5) is 8.30. The molecule has 0 spiro atoms. The second-order valence-corrected chi connectivity index (χ2v) is 4.87. The fourth-order valence-corrected chi connectivity index (χ4v) is 2.54. The Morgan fingerprint density at radius 3 is 2.85 bits per heavy atom. The highest BCUT2D eigenvalue weighted by atomic mass is 16.3. The Hall–Kier alpha value is -1.74. The summed E-state index contributed by atoms with van der Waals surface area (Å²) in [6.45, 7) is -0.0137. The van der Waals surface area contributed by atoms with E-state index in [-0.39, 0.29) is 6.61 Å². The van der Waals surface area contributed by atoms with Crippen LogP contribution in [-0.2, 0) is 0 Å². The molecule has 0 saturated heterocycles. The van der Waals surface area contributed by atoms with Crippen LogP contribution in [0.25, 0.3) is 0 Å². The van der Waals surface area contributed by atoms with E-state index in [0.29, 0.717) is 23.6 Å². The van der Waals surface area contributed by atoms with Gasteiger partial charge in [-0.3, -0.25) is 0 Å². The van der Waals surface area contributed by atoms with Gasteiger partial charge >= 0.3 is 0 Å². The van der Waals surface area contributed by atoms with Crippen molar-refractivity contribution in [1.29, 1.82) is 0 Å². The van der Waals surface area contributed by atoms with E-state index in [1.54, 1.807) is 10.6 Å². The summed E-state index contributed by atoms with van der Waals surface area (Å²) < 4.78 is 1.58. The number of aromatic nitrogens is 2. The second-order valence-electron chi connectivity index (χ2n) is 4.87.